The minimum Gasteiger partial charge on any atom is -0.370 e. The van der Waals surface area contributed by atoms with E-state index in [-0.39, 0.29) is 6.17 Å². The highest BCUT2D eigenvalue weighted by molar-refractivity contribution is 4.99. The number of nitrogens with zero attached hydrogens (tertiary/aromatic N) is 1. The molecule has 2 unspecified atom stereocenters. The number of allylic oxidation sites excluding steroid dienone is 1. The lowest BCUT2D eigenvalue weighted by molar-refractivity contribution is 0.223. The molecule has 3 nitrogen and oxygen atoms in total. The van der Waals surface area contributed by atoms with Crippen molar-refractivity contribution in [3.63, 3.8) is 0 Å². The standard InChI is InChI=1S/C16H31N3/c1-3-4-5-6-7-8-9-10-11-12-16-18-13-14-19(16)15(2)17/h10-11,13-16,18H,3-9,12,17H2,1-2H3/b11-10+. The van der Waals surface area contributed by atoms with Gasteiger partial charge in [-0.25, -0.2) is 0 Å². The van der Waals surface area contributed by atoms with Gasteiger partial charge >= 0.3 is 0 Å². The van der Waals surface area contributed by atoms with Gasteiger partial charge < -0.3 is 16.0 Å². The Bertz CT molecular complexity index is 271. The molecule has 1 aliphatic heterocycles. The second-order valence-electron chi connectivity index (χ2n) is 5.45. The summed E-state index contributed by atoms with van der Waals surface area (Å²) in [6.45, 7) is 4.28. The predicted octanol–water partition coefficient (Wildman–Crippen LogP) is 3.69. The molecule has 0 aliphatic carbocycles. The van der Waals surface area contributed by atoms with Crippen molar-refractivity contribution in [1.29, 1.82) is 0 Å². The molecule has 1 rings (SSSR count). The van der Waals surface area contributed by atoms with E-state index in [9.17, 15) is 0 Å². The Morgan fingerprint density at radius 1 is 1.21 bits per heavy atom. The van der Waals surface area contributed by atoms with E-state index < -0.39 is 0 Å². The minimum atomic E-state index is 0.0724. The molecule has 0 bridgehead atoms. The predicted molar refractivity (Wildman–Crippen MR) is 83.3 cm³/mol. The Kier molecular flexibility index (Phi) is 8.39. The van der Waals surface area contributed by atoms with Crippen LogP contribution in [0.25, 0.3) is 0 Å². The first-order chi connectivity index (χ1) is 9.25. The molecule has 3 N–H and O–H groups in total. The highest BCUT2D eigenvalue weighted by Crippen LogP contribution is 2.12. The molecule has 0 aromatic carbocycles. The van der Waals surface area contributed by atoms with Crippen molar-refractivity contribution in [2.75, 3.05) is 0 Å². The normalized spacial score (nSPS) is 20.2. The number of unbranched alkanes of at least 4 members (excludes halogenated alkanes) is 6. The van der Waals surface area contributed by atoms with Crippen LogP contribution in [-0.4, -0.2) is 17.2 Å². The van der Waals surface area contributed by atoms with Gasteiger partial charge in [-0.2, -0.15) is 0 Å². The van der Waals surface area contributed by atoms with Crippen molar-refractivity contribution in [3.8, 4) is 0 Å². The van der Waals surface area contributed by atoms with E-state index in [0.717, 1.165) is 6.42 Å². The molecule has 3 heteroatoms. The van der Waals surface area contributed by atoms with E-state index in [1.807, 2.05) is 19.3 Å². The molecule has 0 saturated carbocycles. The number of hydrogen-bond donors (Lipinski definition) is 2. The number of nitrogens with two attached hydrogens (primary N) is 1. The third-order valence-corrected chi connectivity index (χ3v) is 3.62. The molecule has 0 aromatic heterocycles. The van der Waals surface area contributed by atoms with Gasteiger partial charge in [-0.05, 0) is 19.8 Å². The molecule has 0 amide bonds. The highest BCUT2D eigenvalue weighted by Gasteiger charge is 2.19. The van der Waals surface area contributed by atoms with Gasteiger partial charge in [0.25, 0.3) is 0 Å². The van der Waals surface area contributed by atoms with Gasteiger partial charge in [0.05, 0.1) is 6.17 Å². The maximum absolute atomic E-state index is 5.91. The van der Waals surface area contributed by atoms with Crippen molar-refractivity contribution in [2.45, 2.75) is 77.5 Å². The Hall–Kier alpha value is -0.960. The van der Waals surface area contributed by atoms with Crippen LogP contribution in [0.15, 0.2) is 24.6 Å². The van der Waals surface area contributed by atoms with Crippen molar-refractivity contribution in [2.24, 2.45) is 5.73 Å². The monoisotopic (exact) mass is 265 g/mol. The highest BCUT2D eigenvalue weighted by atomic mass is 15.3. The van der Waals surface area contributed by atoms with E-state index in [0.29, 0.717) is 6.17 Å². The summed E-state index contributed by atoms with van der Waals surface area (Å²) in [7, 11) is 0. The largest absolute Gasteiger partial charge is 0.370 e. The topological polar surface area (TPSA) is 41.3 Å². The van der Waals surface area contributed by atoms with Gasteiger partial charge in [0.15, 0.2) is 0 Å². The molecule has 2 atom stereocenters. The summed E-state index contributed by atoms with van der Waals surface area (Å²) < 4.78 is 0. The van der Waals surface area contributed by atoms with Crippen LogP contribution in [0, 0.1) is 0 Å². The van der Waals surface area contributed by atoms with Gasteiger partial charge in [0.1, 0.15) is 6.17 Å². The molecule has 0 spiro atoms. The first kappa shape index (κ1) is 16.1. The number of nitrogens with one attached hydrogen (secondary N) is 1. The molecule has 19 heavy (non-hydrogen) atoms. The van der Waals surface area contributed by atoms with Crippen LogP contribution in [0.1, 0.15) is 65.2 Å². The summed E-state index contributed by atoms with van der Waals surface area (Å²) in [6, 6.07) is 0. The third-order valence-electron chi connectivity index (χ3n) is 3.62. The summed E-state index contributed by atoms with van der Waals surface area (Å²) in [5, 5.41) is 3.33. The van der Waals surface area contributed by atoms with Gasteiger partial charge in [0.2, 0.25) is 0 Å². The van der Waals surface area contributed by atoms with E-state index >= 15 is 0 Å². The van der Waals surface area contributed by atoms with Crippen LogP contribution in [0.5, 0.6) is 0 Å². The quantitative estimate of drug-likeness (QED) is 0.467. The lowest BCUT2D eigenvalue weighted by Crippen LogP contribution is -2.44. The van der Waals surface area contributed by atoms with Crippen LogP contribution in [0.4, 0.5) is 0 Å². The van der Waals surface area contributed by atoms with Crippen molar-refractivity contribution in [1.82, 2.24) is 10.2 Å². The maximum Gasteiger partial charge on any atom is 0.103 e. The van der Waals surface area contributed by atoms with Crippen molar-refractivity contribution < 1.29 is 0 Å². The molecule has 0 aromatic rings. The Morgan fingerprint density at radius 2 is 1.95 bits per heavy atom. The maximum atomic E-state index is 5.91. The van der Waals surface area contributed by atoms with Crippen LogP contribution in [0.2, 0.25) is 0 Å². The van der Waals surface area contributed by atoms with Crippen LogP contribution in [0.3, 0.4) is 0 Å². The second-order valence-corrected chi connectivity index (χ2v) is 5.45. The first-order valence-corrected chi connectivity index (χ1v) is 7.86. The van der Waals surface area contributed by atoms with E-state index in [1.165, 1.54) is 44.9 Å². The zero-order valence-corrected chi connectivity index (χ0v) is 12.6. The Morgan fingerprint density at radius 3 is 2.68 bits per heavy atom. The number of hydrogen-bond acceptors (Lipinski definition) is 3. The average Bonchev–Trinajstić information content (AvgIpc) is 2.85. The summed E-state index contributed by atoms with van der Waals surface area (Å²) >= 11 is 0. The fourth-order valence-electron chi connectivity index (χ4n) is 2.42. The van der Waals surface area contributed by atoms with E-state index in [1.54, 1.807) is 0 Å². The lowest BCUT2D eigenvalue weighted by Gasteiger charge is -2.28. The zero-order valence-electron chi connectivity index (χ0n) is 12.6. The fourth-order valence-corrected chi connectivity index (χ4v) is 2.42. The fraction of sp³-hybridized carbons (Fsp3) is 0.750. The van der Waals surface area contributed by atoms with E-state index in [2.05, 4.69) is 29.3 Å². The zero-order chi connectivity index (χ0) is 13.9. The Labute approximate surface area is 118 Å². The molecule has 110 valence electrons. The molecule has 0 saturated heterocycles. The molecule has 0 radical (unpaired) electrons. The summed E-state index contributed by atoms with van der Waals surface area (Å²) in [4.78, 5) is 2.16. The molecular weight excluding hydrogens is 234 g/mol. The number of rotatable bonds is 10. The van der Waals surface area contributed by atoms with Gasteiger partial charge in [-0.15, -0.1) is 0 Å². The second kappa shape index (κ2) is 9.90. The third kappa shape index (κ3) is 6.67. The minimum absolute atomic E-state index is 0.0724. The van der Waals surface area contributed by atoms with Crippen LogP contribution in [-0.2, 0) is 0 Å². The Balaban J connectivity index is 2.01. The van der Waals surface area contributed by atoms with Gasteiger partial charge in [0, 0.05) is 18.8 Å². The van der Waals surface area contributed by atoms with E-state index in [4.69, 9.17) is 5.73 Å². The average molecular weight is 265 g/mol. The summed E-state index contributed by atoms with van der Waals surface area (Å²) in [6.07, 6.45) is 19.5. The summed E-state index contributed by atoms with van der Waals surface area (Å²) in [5.41, 5.74) is 5.91. The SMILES string of the molecule is CCCCCCCC/C=C/CC1NC=CN1C(C)N. The first-order valence-electron chi connectivity index (χ1n) is 7.86. The molecule has 0 fully saturated rings. The smallest absolute Gasteiger partial charge is 0.103 e. The molecule has 1 heterocycles. The molecular formula is C16H31N3. The van der Waals surface area contributed by atoms with Gasteiger partial charge in [-0.1, -0.05) is 51.2 Å². The lowest BCUT2D eigenvalue weighted by atomic mass is 10.1. The van der Waals surface area contributed by atoms with Crippen LogP contribution < -0.4 is 11.1 Å². The summed E-state index contributed by atoms with van der Waals surface area (Å²) in [5.74, 6) is 0. The van der Waals surface area contributed by atoms with Crippen LogP contribution >= 0.6 is 0 Å². The molecule has 1 aliphatic rings. The van der Waals surface area contributed by atoms with Gasteiger partial charge in [-0.3, -0.25) is 0 Å². The van der Waals surface area contributed by atoms with Crippen molar-refractivity contribution >= 4 is 0 Å². The van der Waals surface area contributed by atoms with Crippen molar-refractivity contribution in [3.05, 3.63) is 24.6 Å².